The van der Waals surface area contributed by atoms with E-state index < -0.39 is 10.0 Å². The number of hydrogen-bond donors (Lipinski definition) is 1. The summed E-state index contributed by atoms with van der Waals surface area (Å²) in [7, 11) is -3.74. The molecule has 7 heteroatoms. The van der Waals surface area contributed by atoms with Crippen LogP contribution in [0.3, 0.4) is 0 Å². The molecule has 0 radical (unpaired) electrons. The molecule has 24 heavy (non-hydrogen) atoms. The Hall–Kier alpha value is -1.18. The smallest absolute Gasteiger partial charge is 0.241 e. The van der Waals surface area contributed by atoms with E-state index in [0.717, 1.165) is 43.9 Å². The van der Waals surface area contributed by atoms with Gasteiger partial charge in [-0.05, 0) is 43.1 Å². The largest absolute Gasteiger partial charge is 0.368 e. The Morgan fingerprint density at radius 2 is 1.96 bits per heavy atom. The minimum Gasteiger partial charge on any atom is -0.368 e. The zero-order valence-electron chi connectivity index (χ0n) is 14.0. The second kappa shape index (κ2) is 6.28. The molecule has 3 atom stereocenters. The summed E-state index contributed by atoms with van der Waals surface area (Å²) in [6.07, 6.45) is 8.75. The van der Waals surface area contributed by atoms with Gasteiger partial charge < -0.3 is 4.90 Å². The summed E-state index contributed by atoms with van der Waals surface area (Å²) in [4.78, 5) is 8.73. The quantitative estimate of drug-likeness (QED) is 0.885. The number of anilines is 1. The first-order valence-corrected chi connectivity index (χ1v) is 10.5. The lowest BCUT2D eigenvalue weighted by Gasteiger charge is -2.38. The fourth-order valence-electron chi connectivity index (χ4n) is 4.96. The summed E-state index contributed by atoms with van der Waals surface area (Å²) in [6.45, 7) is 4.87. The molecule has 1 saturated heterocycles. The highest BCUT2D eigenvalue weighted by Crippen LogP contribution is 2.48. The Bertz CT molecular complexity index is 700. The topological polar surface area (TPSA) is 79.5 Å². The third-order valence-electron chi connectivity index (χ3n) is 6.16. The van der Waals surface area contributed by atoms with Crippen molar-refractivity contribution in [2.24, 2.45) is 22.9 Å². The molecule has 4 rings (SSSR count). The van der Waals surface area contributed by atoms with E-state index in [0.29, 0.717) is 5.69 Å². The summed E-state index contributed by atoms with van der Waals surface area (Å²) in [5.41, 5.74) is 0.687. The molecule has 0 amide bonds. The number of sulfonamides is 1. The highest BCUT2D eigenvalue weighted by molar-refractivity contribution is 7.89. The normalized spacial score (nSPS) is 30.9. The number of rotatable bonds is 4. The minimum absolute atomic E-state index is 0.131. The molecule has 3 aliphatic rings. The van der Waals surface area contributed by atoms with Crippen LogP contribution in [0.25, 0.3) is 0 Å². The number of primary sulfonamides is 1. The zero-order chi connectivity index (χ0) is 16.7. The van der Waals surface area contributed by atoms with E-state index in [1.54, 1.807) is 12.3 Å². The summed E-state index contributed by atoms with van der Waals surface area (Å²) in [5.74, 6) is 2.84. The van der Waals surface area contributed by atoms with Gasteiger partial charge in [-0.25, -0.2) is 13.6 Å². The Labute approximate surface area is 144 Å². The Balaban J connectivity index is 1.38. The zero-order valence-corrected chi connectivity index (χ0v) is 14.8. The van der Waals surface area contributed by atoms with Crippen LogP contribution in [0.15, 0.2) is 23.4 Å². The molecular formula is C17H26N4O2S. The van der Waals surface area contributed by atoms with Crippen LogP contribution < -0.4 is 10.0 Å². The lowest BCUT2D eigenvalue weighted by atomic mass is 9.88. The average Bonchev–Trinajstić information content (AvgIpc) is 3.18. The van der Waals surface area contributed by atoms with E-state index in [9.17, 15) is 8.42 Å². The fourth-order valence-corrected chi connectivity index (χ4v) is 5.65. The van der Waals surface area contributed by atoms with Crippen molar-refractivity contribution < 1.29 is 8.42 Å². The molecule has 0 aromatic carbocycles. The van der Waals surface area contributed by atoms with Gasteiger partial charge in [0.15, 0.2) is 0 Å². The highest BCUT2D eigenvalue weighted by atomic mass is 32.2. The van der Waals surface area contributed by atoms with Crippen LogP contribution in [0.5, 0.6) is 0 Å². The van der Waals surface area contributed by atoms with Gasteiger partial charge in [0.1, 0.15) is 4.90 Å². The molecule has 2 saturated carbocycles. The first-order chi connectivity index (χ1) is 11.5. The summed E-state index contributed by atoms with van der Waals surface area (Å²) in [5, 5.41) is 5.33. The number of aromatic nitrogens is 1. The van der Waals surface area contributed by atoms with E-state index in [4.69, 9.17) is 5.14 Å². The number of piperazine rings is 1. The van der Waals surface area contributed by atoms with Crippen LogP contribution in [-0.4, -0.2) is 51.0 Å². The second-order valence-corrected chi connectivity index (χ2v) is 9.14. The van der Waals surface area contributed by atoms with Crippen molar-refractivity contribution in [3.63, 3.8) is 0 Å². The standard InChI is InChI=1S/C17H26N4O2S/c18-24(22,23)17-11-19-4-3-16(17)21-7-5-20(6-8-21)12-15-10-13-1-2-14(15)9-13/h3-4,11,13-15H,1-2,5-10,12H2,(H2,18,22,23). The SMILES string of the molecule is NS(=O)(=O)c1cnccc1N1CCN(CC2CC3CCC2C3)CC1. The molecule has 3 fully saturated rings. The van der Waals surface area contributed by atoms with Gasteiger partial charge in [-0.2, -0.15) is 0 Å². The predicted octanol–water partition coefficient (Wildman–Crippen LogP) is 1.29. The van der Waals surface area contributed by atoms with Gasteiger partial charge in [0.25, 0.3) is 0 Å². The second-order valence-electron chi connectivity index (χ2n) is 7.61. The maximum Gasteiger partial charge on any atom is 0.241 e. The monoisotopic (exact) mass is 350 g/mol. The summed E-state index contributed by atoms with van der Waals surface area (Å²) >= 11 is 0. The first-order valence-electron chi connectivity index (χ1n) is 8.95. The third kappa shape index (κ3) is 3.17. The molecule has 132 valence electrons. The van der Waals surface area contributed by atoms with Gasteiger partial charge in [0.2, 0.25) is 10.0 Å². The summed E-state index contributed by atoms with van der Waals surface area (Å²) in [6, 6.07) is 1.76. The average molecular weight is 350 g/mol. The maximum absolute atomic E-state index is 11.8. The molecular weight excluding hydrogens is 324 g/mol. The van der Waals surface area contributed by atoms with Gasteiger partial charge in [0.05, 0.1) is 5.69 Å². The maximum atomic E-state index is 11.8. The molecule has 1 aromatic rings. The lowest BCUT2D eigenvalue weighted by Crippen LogP contribution is -2.48. The first kappa shape index (κ1) is 16.3. The van der Waals surface area contributed by atoms with Gasteiger partial charge in [-0.15, -0.1) is 0 Å². The molecule has 0 spiro atoms. The van der Waals surface area contributed by atoms with Crippen molar-refractivity contribution in [3.8, 4) is 0 Å². The molecule has 1 aliphatic heterocycles. The Morgan fingerprint density at radius 1 is 1.17 bits per heavy atom. The number of pyridine rings is 1. The van der Waals surface area contributed by atoms with Crippen molar-refractivity contribution in [1.29, 1.82) is 0 Å². The van der Waals surface area contributed by atoms with Gasteiger partial charge in [-0.1, -0.05) is 6.42 Å². The Morgan fingerprint density at radius 3 is 2.58 bits per heavy atom. The van der Waals surface area contributed by atoms with E-state index in [2.05, 4.69) is 14.8 Å². The van der Waals surface area contributed by atoms with Crippen LogP contribution in [0, 0.1) is 17.8 Å². The molecule has 2 bridgehead atoms. The van der Waals surface area contributed by atoms with Gasteiger partial charge >= 0.3 is 0 Å². The van der Waals surface area contributed by atoms with Crippen LogP contribution in [0.2, 0.25) is 0 Å². The molecule has 1 aromatic heterocycles. The van der Waals surface area contributed by atoms with Crippen LogP contribution in [-0.2, 0) is 10.0 Å². The molecule has 6 nitrogen and oxygen atoms in total. The fraction of sp³-hybridized carbons (Fsp3) is 0.706. The predicted molar refractivity (Wildman–Crippen MR) is 93.2 cm³/mol. The van der Waals surface area contributed by atoms with Gasteiger partial charge in [-0.3, -0.25) is 9.88 Å². The van der Waals surface area contributed by atoms with E-state index >= 15 is 0 Å². The molecule has 3 unspecified atom stereocenters. The van der Waals surface area contributed by atoms with Crippen molar-refractivity contribution in [2.75, 3.05) is 37.6 Å². The van der Waals surface area contributed by atoms with E-state index in [1.807, 2.05) is 0 Å². The van der Waals surface area contributed by atoms with Crippen molar-refractivity contribution in [1.82, 2.24) is 9.88 Å². The van der Waals surface area contributed by atoms with Crippen LogP contribution in [0.1, 0.15) is 25.7 Å². The molecule has 2 heterocycles. The summed E-state index contributed by atoms with van der Waals surface area (Å²) < 4.78 is 23.5. The Kier molecular flexibility index (Phi) is 4.26. The van der Waals surface area contributed by atoms with Crippen LogP contribution in [0.4, 0.5) is 5.69 Å². The number of nitrogens with zero attached hydrogens (tertiary/aromatic N) is 3. The number of nitrogens with two attached hydrogens (primary N) is 1. The molecule has 2 aliphatic carbocycles. The number of fused-ring (bicyclic) bond motifs is 2. The van der Waals surface area contributed by atoms with Gasteiger partial charge in [0, 0.05) is 45.1 Å². The van der Waals surface area contributed by atoms with E-state index in [-0.39, 0.29) is 4.90 Å². The molecule has 2 N–H and O–H groups in total. The lowest BCUT2D eigenvalue weighted by molar-refractivity contribution is 0.182. The minimum atomic E-state index is -3.74. The van der Waals surface area contributed by atoms with Crippen molar-refractivity contribution in [2.45, 2.75) is 30.6 Å². The van der Waals surface area contributed by atoms with Crippen molar-refractivity contribution in [3.05, 3.63) is 18.5 Å². The van der Waals surface area contributed by atoms with Crippen molar-refractivity contribution >= 4 is 15.7 Å². The van der Waals surface area contributed by atoms with E-state index in [1.165, 1.54) is 38.4 Å². The third-order valence-corrected chi connectivity index (χ3v) is 7.09. The van der Waals surface area contributed by atoms with Crippen LogP contribution >= 0.6 is 0 Å². The highest BCUT2D eigenvalue weighted by Gasteiger charge is 2.40. The number of hydrogen-bond acceptors (Lipinski definition) is 5.